The van der Waals surface area contributed by atoms with E-state index >= 15 is 0 Å². The first-order chi connectivity index (χ1) is 17.1. The number of para-hydroxylation sites is 1. The molecule has 2 aliphatic rings. The summed E-state index contributed by atoms with van der Waals surface area (Å²) in [5.74, 6) is 1.08. The maximum atomic E-state index is 13.6. The van der Waals surface area contributed by atoms with Crippen molar-refractivity contribution in [3.8, 4) is 5.75 Å². The minimum atomic E-state index is -0.204. The maximum absolute atomic E-state index is 13.6. The van der Waals surface area contributed by atoms with Crippen molar-refractivity contribution in [3.63, 3.8) is 0 Å². The van der Waals surface area contributed by atoms with Crippen molar-refractivity contribution in [3.05, 3.63) is 54.1 Å². The van der Waals surface area contributed by atoms with E-state index in [1.807, 2.05) is 23.1 Å². The first-order valence-electron chi connectivity index (χ1n) is 13.6. The molecule has 1 amide bonds. The zero-order valence-corrected chi connectivity index (χ0v) is 22.6. The second kappa shape index (κ2) is 12.8. The van der Waals surface area contributed by atoms with E-state index in [0.29, 0.717) is 12.1 Å². The molecule has 190 valence electrons. The van der Waals surface area contributed by atoms with Crippen molar-refractivity contribution < 1.29 is 9.53 Å². The van der Waals surface area contributed by atoms with E-state index in [0.717, 1.165) is 55.8 Å². The number of thioether (sulfide) groups is 1. The van der Waals surface area contributed by atoms with Crippen LogP contribution in [0.2, 0.25) is 0 Å². The molecule has 4 rings (SSSR count). The lowest BCUT2D eigenvalue weighted by Gasteiger charge is -2.39. The molecule has 0 N–H and O–H groups in total. The number of ether oxygens (including phenoxy) is 1. The van der Waals surface area contributed by atoms with Crippen LogP contribution in [0, 0.1) is 0 Å². The van der Waals surface area contributed by atoms with Gasteiger partial charge in [-0.25, -0.2) is 0 Å². The largest absolute Gasteiger partial charge is 0.494 e. The summed E-state index contributed by atoms with van der Waals surface area (Å²) >= 11 is 1.67. The highest BCUT2D eigenvalue weighted by Crippen LogP contribution is 2.46. The van der Waals surface area contributed by atoms with Crippen molar-refractivity contribution in [1.82, 2.24) is 4.90 Å². The molecule has 0 radical (unpaired) electrons. The molecule has 35 heavy (non-hydrogen) atoms. The number of unbranched alkanes of at least 4 members (excludes halogenated alkanes) is 3. The molecule has 5 heteroatoms. The third-order valence-electron chi connectivity index (χ3n) is 7.51. The Bertz CT molecular complexity index is 938. The van der Waals surface area contributed by atoms with Crippen molar-refractivity contribution >= 4 is 23.4 Å². The van der Waals surface area contributed by atoms with Crippen molar-refractivity contribution in [2.24, 2.45) is 0 Å². The van der Waals surface area contributed by atoms with Gasteiger partial charge in [0, 0.05) is 23.5 Å². The molecule has 2 heterocycles. The summed E-state index contributed by atoms with van der Waals surface area (Å²) in [6.07, 6.45) is 9.60. The molecular formula is C30H42N2O2S. The predicted octanol–water partition coefficient (Wildman–Crippen LogP) is 7.48. The number of rotatable bonds is 11. The van der Waals surface area contributed by atoms with Crippen LogP contribution in [0.5, 0.6) is 5.75 Å². The minimum absolute atomic E-state index is 0.201. The Morgan fingerprint density at radius 3 is 2.37 bits per heavy atom. The fourth-order valence-corrected chi connectivity index (χ4v) is 6.62. The second-order valence-electron chi connectivity index (χ2n) is 10.2. The lowest BCUT2D eigenvalue weighted by molar-refractivity contribution is -0.118. The van der Waals surface area contributed by atoms with Gasteiger partial charge in [0.25, 0.3) is 0 Å². The Hall–Kier alpha value is -1.98. The van der Waals surface area contributed by atoms with Gasteiger partial charge in [-0.3, -0.25) is 9.69 Å². The van der Waals surface area contributed by atoms with Gasteiger partial charge >= 0.3 is 0 Å². The van der Waals surface area contributed by atoms with Crippen molar-refractivity contribution in [2.75, 3.05) is 24.6 Å². The highest BCUT2D eigenvalue weighted by atomic mass is 32.2. The normalized spacial score (nSPS) is 22.8. The quantitative estimate of drug-likeness (QED) is 0.303. The first kappa shape index (κ1) is 26.1. The number of fused-ring (bicyclic) bond motifs is 1. The number of nitrogens with zero attached hydrogens (tertiary/aromatic N) is 2. The molecule has 2 aliphatic heterocycles. The summed E-state index contributed by atoms with van der Waals surface area (Å²) in [5, 5.41) is -0.204. The fourth-order valence-electron chi connectivity index (χ4n) is 5.39. The molecule has 0 aromatic heterocycles. The Kier molecular flexibility index (Phi) is 9.56. The Balaban J connectivity index is 1.36. The Morgan fingerprint density at radius 1 is 0.914 bits per heavy atom. The molecule has 0 bridgehead atoms. The van der Waals surface area contributed by atoms with Gasteiger partial charge in [0.2, 0.25) is 5.91 Å². The summed E-state index contributed by atoms with van der Waals surface area (Å²) < 4.78 is 5.82. The van der Waals surface area contributed by atoms with Gasteiger partial charge < -0.3 is 9.64 Å². The topological polar surface area (TPSA) is 32.8 Å². The van der Waals surface area contributed by atoms with E-state index in [4.69, 9.17) is 4.74 Å². The fraction of sp³-hybridized carbons (Fsp3) is 0.567. The van der Waals surface area contributed by atoms with Crippen LogP contribution in [0.3, 0.4) is 0 Å². The molecule has 2 aromatic rings. The van der Waals surface area contributed by atoms with E-state index in [2.05, 4.69) is 56.0 Å². The second-order valence-corrected chi connectivity index (χ2v) is 11.3. The molecule has 3 atom stereocenters. The van der Waals surface area contributed by atoms with Crippen LogP contribution in [0.4, 0.5) is 5.69 Å². The third kappa shape index (κ3) is 6.62. The van der Waals surface area contributed by atoms with Crippen LogP contribution in [0.25, 0.3) is 0 Å². The van der Waals surface area contributed by atoms with Crippen LogP contribution in [-0.4, -0.2) is 42.6 Å². The van der Waals surface area contributed by atoms with Crippen molar-refractivity contribution in [2.45, 2.75) is 94.4 Å². The number of carbonyl (C=O) groups excluding carboxylic acids is 1. The molecule has 1 fully saturated rings. The zero-order chi connectivity index (χ0) is 24.6. The van der Waals surface area contributed by atoms with Crippen LogP contribution in [-0.2, 0) is 4.79 Å². The number of hydrogen-bond acceptors (Lipinski definition) is 4. The van der Waals surface area contributed by atoms with E-state index in [9.17, 15) is 4.79 Å². The molecule has 3 unspecified atom stereocenters. The summed E-state index contributed by atoms with van der Waals surface area (Å²) in [5.41, 5.74) is 2.12. The van der Waals surface area contributed by atoms with Gasteiger partial charge in [0.15, 0.2) is 0 Å². The molecule has 2 aromatic carbocycles. The van der Waals surface area contributed by atoms with Gasteiger partial charge in [-0.2, -0.15) is 0 Å². The average molecular weight is 495 g/mol. The van der Waals surface area contributed by atoms with Crippen LogP contribution in [0.15, 0.2) is 53.4 Å². The number of hydrogen-bond donors (Lipinski definition) is 0. The van der Waals surface area contributed by atoms with Gasteiger partial charge in [-0.05, 0) is 82.3 Å². The van der Waals surface area contributed by atoms with Gasteiger partial charge in [-0.15, -0.1) is 11.8 Å². The third-order valence-corrected chi connectivity index (χ3v) is 8.82. The van der Waals surface area contributed by atoms with Gasteiger partial charge in [-0.1, -0.05) is 50.5 Å². The minimum Gasteiger partial charge on any atom is -0.494 e. The smallest absolute Gasteiger partial charge is 0.245 e. The number of anilines is 1. The molecular weight excluding hydrogens is 452 g/mol. The highest BCUT2D eigenvalue weighted by molar-refractivity contribution is 8.00. The summed E-state index contributed by atoms with van der Waals surface area (Å²) in [4.78, 5) is 19.6. The number of amides is 1. The van der Waals surface area contributed by atoms with Gasteiger partial charge in [0.1, 0.15) is 11.0 Å². The zero-order valence-electron chi connectivity index (χ0n) is 21.7. The number of carbonyl (C=O) groups is 1. The van der Waals surface area contributed by atoms with E-state index in [-0.39, 0.29) is 11.2 Å². The first-order valence-corrected chi connectivity index (χ1v) is 14.5. The van der Waals surface area contributed by atoms with Gasteiger partial charge in [0.05, 0.1) is 12.3 Å². The number of piperidine rings is 1. The molecule has 0 spiro atoms. The standard InChI is InChI=1S/C30H42N2O2S/c1-4-5-22-34-26-18-16-25(17-19-26)29-30(33)32(27-14-7-8-15-28(27)35-29)21-10-6-9-20-31-23(2)12-11-13-24(31)3/h7-8,14-19,23-24,29H,4-6,9-13,20-22H2,1-3H3. The predicted molar refractivity (Wildman–Crippen MR) is 148 cm³/mol. The lowest BCUT2D eigenvalue weighted by atomic mass is 9.97. The summed E-state index contributed by atoms with van der Waals surface area (Å²) in [6.45, 7) is 9.62. The molecule has 4 nitrogen and oxygen atoms in total. The number of benzene rings is 2. The van der Waals surface area contributed by atoms with Crippen LogP contribution in [0.1, 0.15) is 83.0 Å². The van der Waals surface area contributed by atoms with Crippen LogP contribution < -0.4 is 9.64 Å². The van der Waals surface area contributed by atoms with Crippen LogP contribution >= 0.6 is 11.8 Å². The Morgan fingerprint density at radius 2 is 1.63 bits per heavy atom. The molecule has 0 aliphatic carbocycles. The maximum Gasteiger partial charge on any atom is 0.245 e. The molecule has 0 saturated carbocycles. The SMILES string of the molecule is CCCCOc1ccc(C2Sc3ccccc3N(CCCCCN3C(C)CCCC3C)C2=O)cc1. The molecule has 1 saturated heterocycles. The monoisotopic (exact) mass is 494 g/mol. The number of likely N-dealkylation sites (tertiary alicyclic amines) is 1. The van der Waals surface area contributed by atoms with Crippen molar-refractivity contribution in [1.29, 1.82) is 0 Å². The van der Waals surface area contributed by atoms with E-state index < -0.39 is 0 Å². The average Bonchev–Trinajstić information content (AvgIpc) is 2.87. The van der Waals surface area contributed by atoms with E-state index in [1.165, 1.54) is 37.1 Å². The lowest BCUT2D eigenvalue weighted by Crippen LogP contribution is -2.44. The summed E-state index contributed by atoms with van der Waals surface area (Å²) in [7, 11) is 0. The highest BCUT2D eigenvalue weighted by Gasteiger charge is 2.34. The Labute approximate surface area is 216 Å². The van der Waals surface area contributed by atoms with E-state index in [1.54, 1.807) is 11.8 Å². The summed E-state index contributed by atoms with van der Waals surface area (Å²) in [6, 6.07) is 17.9.